The number of hydrogen-bond acceptors (Lipinski definition) is 2. The Bertz CT molecular complexity index is 423. The van der Waals surface area contributed by atoms with Crippen molar-refractivity contribution in [2.45, 2.75) is 39.0 Å². The molecule has 2 N–H and O–H groups in total. The number of nitrogens with one attached hydrogen (secondary N) is 1. The average molecular weight is 261 g/mol. The molecule has 3 nitrogen and oxygen atoms in total. The molecule has 0 spiro atoms. The van der Waals surface area contributed by atoms with Gasteiger partial charge >= 0.3 is 5.97 Å². The number of benzene rings is 1. The summed E-state index contributed by atoms with van der Waals surface area (Å²) in [6, 6.07) is 7.14. The van der Waals surface area contributed by atoms with Gasteiger partial charge in [0.05, 0.1) is 5.56 Å². The first kappa shape index (κ1) is 13.9. The topological polar surface area (TPSA) is 49.3 Å². The molecule has 0 aliphatic heterocycles. The largest absolute Gasteiger partial charge is 0.478 e. The van der Waals surface area contributed by atoms with Gasteiger partial charge in [-0.3, -0.25) is 0 Å². The third-order valence-electron chi connectivity index (χ3n) is 4.28. The lowest BCUT2D eigenvalue weighted by molar-refractivity contribution is 0.0698. The van der Waals surface area contributed by atoms with Crippen molar-refractivity contribution in [2.24, 2.45) is 11.8 Å². The Morgan fingerprint density at radius 2 is 1.84 bits per heavy atom. The van der Waals surface area contributed by atoms with Crippen LogP contribution >= 0.6 is 0 Å². The van der Waals surface area contributed by atoms with E-state index >= 15 is 0 Å². The molecule has 0 unspecified atom stereocenters. The van der Waals surface area contributed by atoms with Crippen LogP contribution in [0.3, 0.4) is 0 Å². The Balaban J connectivity index is 1.88. The second kappa shape index (κ2) is 6.60. The summed E-state index contributed by atoms with van der Waals surface area (Å²) in [4.78, 5) is 11.1. The van der Waals surface area contributed by atoms with Crippen LogP contribution in [0.2, 0.25) is 0 Å². The number of para-hydroxylation sites is 1. The molecule has 1 aromatic carbocycles. The Morgan fingerprint density at radius 1 is 1.21 bits per heavy atom. The predicted molar refractivity (Wildman–Crippen MR) is 77.6 cm³/mol. The van der Waals surface area contributed by atoms with E-state index in [2.05, 4.69) is 12.2 Å². The van der Waals surface area contributed by atoms with Gasteiger partial charge in [0.25, 0.3) is 0 Å². The van der Waals surface area contributed by atoms with Crippen LogP contribution in [0.1, 0.15) is 49.4 Å². The third kappa shape index (κ3) is 3.72. The molecule has 0 radical (unpaired) electrons. The van der Waals surface area contributed by atoms with Gasteiger partial charge in [0.15, 0.2) is 0 Å². The molecule has 2 rings (SSSR count). The number of carboxylic acid groups (broad SMARTS) is 1. The number of rotatable bonds is 5. The van der Waals surface area contributed by atoms with Gasteiger partial charge in [0.1, 0.15) is 0 Å². The number of anilines is 1. The maximum atomic E-state index is 11.1. The van der Waals surface area contributed by atoms with Crippen LogP contribution in [0.15, 0.2) is 24.3 Å². The SMILES string of the molecule is CCC1CCC(CNc2ccccc2C(=O)O)CC1. The van der Waals surface area contributed by atoms with Crippen LogP contribution in [0.5, 0.6) is 0 Å². The van der Waals surface area contributed by atoms with Crippen molar-refractivity contribution in [2.75, 3.05) is 11.9 Å². The van der Waals surface area contributed by atoms with Gasteiger partial charge in [0.2, 0.25) is 0 Å². The van der Waals surface area contributed by atoms with Gasteiger partial charge in [-0.25, -0.2) is 4.79 Å². The zero-order valence-corrected chi connectivity index (χ0v) is 11.6. The molecule has 3 heteroatoms. The number of carboxylic acids is 1. The van der Waals surface area contributed by atoms with Crippen LogP contribution < -0.4 is 5.32 Å². The lowest BCUT2D eigenvalue weighted by atomic mass is 9.81. The van der Waals surface area contributed by atoms with Crippen LogP contribution in [-0.4, -0.2) is 17.6 Å². The van der Waals surface area contributed by atoms with E-state index in [1.54, 1.807) is 12.1 Å². The van der Waals surface area contributed by atoms with E-state index in [-0.39, 0.29) is 0 Å². The van der Waals surface area contributed by atoms with Gasteiger partial charge in [-0.15, -0.1) is 0 Å². The summed E-state index contributed by atoms with van der Waals surface area (Å²) >= 11 is 0. The molecule has 1 aliphatic rings. The van der Waals surface area contributed by atoms with Gasteiger partial charge in [0, 0.05) is 12.2 Å². The zero-order chi connectivity index (χ0) is 13.7. The second-order valence-corrected chi connectivity index (χ2v) is 5.53. The molecule has 1 aromatic rings. The second-order valence-electron chi connectivity index (χ2n) is 5.53. The van der Waals surface area contributed by atoms with Crippen molar-refractivity contribution in [3.63, 3.8) is 0 Å². The summed E-state index contributed by atoms with van der Waals surface area (Å²) in [6.07, 6.45) is 6.47. The summed E-state index contributed by atoms with van der Waals surface area (Å²) in [5.74, 6) is 0.727. The highest BCUT2D eigenvalue weighted by Gasteiger charge is 2.20. The Morgan fingerprint density at radius 3 is 2.47 bits per heavy atom. The minimum atomic E-state index is -0.863. The summed E-state index contributed by atoms with van der Waals surface area (Å²) in [5, 5.41) is 12.4. The van der Waals surface area contributed by atoms with Crippen molar-refractivity contribution in [1.82, 2.24) is 0 Å². The monoisotopic (exact) mass is 261 g/mol. The van der Waals surface area contributed by atoms with Crippen LogP contribution in [0, 0.1) is 11.8 Å². The molecule has 19 heavy (non-hydrogen) atoms. The maximum absolute atomic E-state index is 11.1. The highest BCUT2D eigenvalue weighted by Crippen LogP contribution is 2.30. The van der Waals surface area contributed by atoms with E-state index in [4.69, 9.17) is 5.11 Å². The standard InChI is InChI=1S/C16H23NO2/c1-2-12-7-9-13(10-8-12)11-17-15-6-4-3-5-14(15)16(18)19/h3-6,12-13,17H,2,7-11H2,1H3,(H,18,19). The summed E-state index contributed by atoms with van der Waals surface area (Å²) in [7, 11) is 0. The van der Waals surface area contributed by atoms with Crippen molar-refractivity contribution < 1.29 is 9.90 Å². The minimum absolute atomic E-state index is 0.366. The molecule has 0 bridgehead atoms. The molecular weight excluding hydrogens is 238 g/mol. The van der Waals surface area contributed by atoms with Gasteiger partial charge in [-0.05, 0) is 36.8 Å². The number of carbonyl (C=O) groups is 1. The fraction of sp³-hybridized carbons (Fsp3) is 0.562. The predicted octanol–water partition coefficient (Wildman–Crippen LogP) is 4.01. The number of hydrogen-bond donors (Lipinski definition) is 2. The molecule has 1 saturated carbocycles. The lowest BCUT2D eigenvalue weighted by Crippen LogP contribution is -2.21. The molecule has 0 heterocycles. The Labute approximate surface area is 115 Å². The van der Waals surface area contributed by atoms with E-state index in [0.29, 0.717) is 11.5 Å². The van der Waals surface area contributed by atoms with E-state index in [0.717, 1.165) is 18.2 Å². The van der Waals surface area contributed by atoms with E-state index in [1.807, 2.05) is 12.1 Å². The third-order valence-corrected chi connectivity index (χ3v) is 4.28. The van der Waals surface area contributed by atoms with E-state index in [9.17, 15) is 4.79 Å². The summed E-state index contributed by atoms with van der Waals surface area (Å²) < 4.78 is 0. The van der Waals surface area contributed by atoms with Crippen molar-refractivity contribution in [3.8, 4) is 0 Å². The first-order valence-corrected chi connectivity index (χ1v) is 7.27. The molecular formula is C16H23NO2. The van der Waals surface area contributed by atoms with Crippen LogP contribution in [0.25, 0.3) is 0 Å². The Kier molecular flexibility index (Phi) is 4.83. The van der Waals surface area contributed by atoms with Crippen LogP contribution in [0.4, 0.5) is 5.69 Å². The highest BCUT2D eigenvalue weighted by atomic mass is 16.4. The normalized spacial score (nSPS) is 23.0. The van der Waals surface area contributed by atoms with Gasteiger partial charge in [-0.2, -0.15) is 0 Å². The molecule has 104 valence electrons. The first-order chi connectivity index (χ1) is 9.20. The highest BCUT2D eigenvalue weighted by molar-refractivity contribution is 5.94. The average Bonchev–Trinajstić information content (AvgIpc) is 2.46. The molecule has 0 amide bonds. The van der Waals surface area contributed by atoms with Crippen molar-refractivity contribution in [3.05, 3.63) is 29.8 Å². The quantitative estimate of drug-likeness (QED) is 0.841. The molecule has 1 fully saturated rings. The fourth-order valence-corrected chi connectivity index (χ4v) is 2.92. The molecule has 1 aliphatic carbocycles. The number of aromatic carboxylic acids is 1. The van der Waals surface area contributed by atoms with E-state index < -0.39 is 5.97 Å². The maximum Gasteiger partial charge on any atom is 0.337 e. The molecule has 0 atom stereocenters. The summed E-state index contributed by atoms with van der Waals surface area (Å²) in [5.41, 5.74) is 1.11. The Hall–Kier alpha value is -1.51. The minimum Gasteiger partial charge on any atom is -0.478 e. The smallest absolute Gasteiger partial charge is 0.337 e. The van der Waals surface area contributed by atoms with Crippen molar-refractivity contribution in [1.29, 1.82) is 0 Å². The van der Waals surface area contributed by atoms with E-state index in [1.165, 1.54) is 32.1 Å². The molecule has 0 aromatic heterocycles. The van der Waals surface area contributed by atoms with Gasteiger partial charge in [-0.1, -0.05) is 38.3 Å². The first-order valence-electron chi connectivity index (χ1n) is 7.27. The lowest BCUT2D eigenvalue weighted by Gasteiger charge is -2.28. The van der Waals surface area contributed by atoms with Gasteiger partial charge < -0.3 is 10.4 Å². The van der Waals surface area contributed by atoms with Crippen LogP contribution in [-0.2, 0) is 0 Å². The summed E-state index contributed by atoms with van der Waals surface area (Å²) in [6.45, 7) is 3.16. The molecule has 0 saturated heterocycles. The van der Waals surface area contributed by atoms with Crippen molar-refractivity contribution >= 4 is 11.7 Å². The fourth-order valence-electron chi connectivity index (χ4n) is 2.92. The zero-order valence-electron chi connectivity index (χ0n) is 11.6.